The van der Waals surface area contributed by atoms with Crippen molar-refractivity contribution in [1.29, 1.82) is 5.26 Å². The lowest BCUT2D eigenvalue weighted by Crippen LogP contribution is -2.59. The summed E-state index contributed by atoms with van der Waals surface area (Å²) in [7, 11) is 0. The number of hydrogen-bond donors (Lipinski definition) is 1. The van der Waals surface area contributed by atoms with Crippen molar-refractivity contribution in [1.82, 2.24) is 20.0 Å². The molecule has 3 amide bonds. The van der Waals surface area contributed by atoms with E-state index in [4.69, 9.17) is 4.74 Å². The molecule has 2 bridgehead atoms. The average molecular weight is 566 g/mol. The number of benzene rings is 1. The summed E-state index contributed by atoms with van der Waals surface area (Å²) in [5, 5.41) is 12.5. The molecule has 9 nitrogen and oxygen atoms in total. The zero-order valence-corrected chi connectivity index (χ0v) is 24.1. The average Bonchev–Trinajstić information content (AvgIpc) is 3.34. The molecule has 0 unspecified atom stereocenters. The predicted octanol–water partition coefficient (Wildman–Crippen LogP) is 3.75. The number of ether oxygens (including phenoxy) is 1. The first-order valence-electron chi connectivity index (χ1n) is 15.1. The number of nitrogens with one attached hydrogen (secondary N) is 1. The molecule has 3 aliphatic heterocycles. The number of halogens is 1. The van der Waals surface area contributed by atoms with Gasteiger partial charge in [0.25, 0.3) is 0 Å². The lowest BCUT2D eigenvalue weighted by atomic mass is 9.89. The van der Waals surface area contributed by atoms with E-state index in [1.807, 2.05) is 21.9 Å². The Hall–Kier alpha value is -3.19. The van der Waals surface area contributed by atoms with Crippen molar-refractivity contribution in [3.05, 3.63) is 35.6 Å². The molecule has 1 aromatic rings. The predicted molar refractivity (Wildman–Crippen MR) is 148 cm³/mol. The fraction of sp³-hybridized carbons (Fsp3) is 0.677. The van der Waals surface area contributed by atoms with Crippen LogP contribution in [0.1, 0.15) is 77.3 Å². The van der Waals surface area contributed by atoms with Gasteiger partial charge in [-0.05, 0) is 82.4 Å². The first-order chi connectivity index (χ1) is 19.5. The van der Waals surface area contributed by atoms with Crippen LogP contribution < -0.4 is 5.32 Å². The number of carbonyl (C=O) groups is 3. The van der Waals surface area contributed by atoms with E-state index in [1.54, 1.807) is 25.7 Å². The van der Waals surface area contributed by atoms with Gasteiger partial charge < -0.3 is 19.9 Å². The molecule has 10 heteroatoms. The number of nitrogens with zero attached hydrogens (tertiary/aromatic N) is 4. The number of rotatable bonds is 7. The van der Waals surface area contributed by atoms with Crippen LogP contribution in [0.25, 0.3) is 0 Å². The smallest absolute Gasteiger partial charge is 0.408 e. The summed E-state index contributed by atoms with van der Waals surface area (Å²) in [6.07, 6.45) is 5.87. The van der Waals surface area contributed by atoms with Crippen molar-refractivity contribution >= 4 is 17.9 Å². The van der Waals surface area contributed by atoms with Crippen LogP contribution in [0.2, 0.25) is 0 Å². The summed E-state index contributed by atoms with van der Waals surface area (Å²) in [5.74, 6) is 0.147. The normalized spacial score (nSPS) is 30.7. The van der Waals surface area contributed by atoms with Crippen molar-refractivity contribution < 1.29 is 23.5 Å². The molecule has 1 N–H and O–H groups in total. The highest BCUT2D eigenvalue weighted by Crippen LogP contribution is 2.48. The monoisotopic (exact) mass is 565 g/mol. The van der Waals surface area contributed by atoms with Crippen LogP contribution in [-0.2, 0) is 14.3 Å². The maximum absolute atomic E-state index is 14.0. The lowest BCUT2D eigenvalue weighted by Gasteiger charge is -2.42. The third-order valence-corrected chi connectivity index (χ3v) is 9.59. The topological polar surface area (TPSA) is 106 Å². The second-order valence-corrected chi connectivity index (χ2v) is 13.5. The first-order valence-corrected chi connectivity index (χ1v) is 15.1. The maximum Gasteiger partial charge on any atom is 0.408 e. The van der Waals surface area contributed by atoms with E-state index in [2.05, 4.69) is 11.4 Å². The molecule has 2 saturated carbocycles. The molecular formula is C31H40FN5O4. The Morgan fingerprint density at radius 1 is 1.15 bits per heavy atom. The van der Waals surface area contributed by atoms with Crippen LogP contribution in [0.5, 0.6) is 0 Å². The van der Waals surface area contributed by atoms with Gasteiger partial charge in [-0.3, -0.25) is 14.5 Å². The van der Waals surface area contributed by atoms with Crippen LogP contribution in [0.15, 0.2) is 24.3 Å². The maximum atomic E-state index is 14.0. The van der Waals surface area contributed by atoms with E-state index >= 15 is 0 Å². The number of piperidine rings is 1. The number of likely N-dealkylation sites (tertiary alicyclic amines) is 3. The minimum absolute atomic E-state index is 0.0214. The quantitative estimate of drug-likeness (QED) is 0.540. The van der Waals surface area contributed by atoms with Gasteiger partial charge in [0.15, 0.2) is 0 Å². The number of amides is 3. The van der Waals surface area contributed by atoms with E-state index in [-0.39, 0.29) is 48.3 Å². The molecular weight excluding hydrogens is 525 g/mol. The Bertz CT molecular complexity index is 1240. The molecule has 1 aromatic carbocycles. The standard InChI is InChI=1S/C31H40FN5O4/c1-31(2,3)41-30(40)34-24(28(38)36-22(15-33)12-20-13-25(20)36)17-35-16-23-14-26(35)29(39)37(23)27(18-6-4-5-7-18)19-8-10-21(32)11-9-19/h8-11,18,20,22-27H,4-7,12-14,16-17H2,1-3H3,(H,34,40)/t20-,22+,23-,24+,25+,26-,27+/m1/s1. The van der Waals surface area contributed by atoms with Gasteiger partial charge in [0.2, 0.25) is 11.8 Å². The highest BCUT2D eigenvalue weighted by Gasteiger charge is 2.57. The third-order valence-electron chi connectivity index (χ3n) is 9.59. The van der Waals surface area contributed by atoms with E-state index in [9.17, 15) is 24.0 Å². The number of carbonyl (C=O) groups excluding carboxylic acids is 3. The molecule has 7 atom stereocenters. The second kappa shape index (κ2) is 10.6. The highest BCUT2D eigenvalue weighted by molar-refractivity contribution is 5.89. The molecule has 3 saturated heterocycles. The summed E-state index contributed by atoms with van der Waals surface area (Å²) in [5.41, 5.74) is 0.238. The fourth-order valence-corrected chi connectivity index (χ4v) is 7.79. The van der Waals surface area contributed by atoms with Gasteiger partial charge in [0.1, 0.15) is 23.5 Å². The Morgan fingerprint density at radius 2 is 1.85 bits per heavy atom. The van der Waals surface area contributed by atoms with Crippen LogP contribution in [0.4, 0.5) is 9.18 Å². The molecule has 5 fully saturated rings. The SMILES string of the molecule is CC(C)(C)OC(=O)N[C@@H](CN1C[C@H]2C[C@@H]1C(=O)N2[C@H](c1ccc(F)cc1)C1CCCC1)C(=O)N1[C@H](C#N)C[C@@H]2C[C@@H]21. The van der Waals surface area contributed by atoms with Gasteiger partial charge in [-0.25, -0.2) is 9.18 Å². The van der Waals surface area contributed by atoms with Crippen molar-refractivity contribution in [2.24, 2.45) is 11.8 Å². The number of hydrogen-bond acceptors (Lipinski definition) is 6. The highest BCUT2D eigenvalue weighted by atomic mass is 19.1. The van der Waals surface area contributed by atoms with Gasteiger partial charge in [0, 0.05) is 25.2 Å². The summed E-state index contributed by atoms with van der Waals surface area (Å²) >= 11 is 0. The molecule has 0 aromatic heterocycles. The van der Waals surface area contributed by atoms with Gasteiger partial charge in [-0.15, -0.1) is 0 Å². The zero-order valence-electron chi connectivity index (χ0n) is 24.1. The van der Waals surface area contributed by atoms with Crippen molar-refractivity contribution in [2.75, 3.05) is 13.1 Å². The van der Waals surface area contributed by atoms with Gasteiger partial charge in [0.05, 0.1) is 18.2 Å². The zero-order chi connectivity index (χ0) is 29.1. The van der Waals surface area contributed by atoms with Crippen molar-refractivity contribution in [3.8, 4) is 6.07 Å². The molecule has 41 heavy (non-hydrogen) atoms. The molecule has 0 radical (unpaired) electrons. The minimum Gasteiger partial charge on any atom is -0.444 e. The first kappa shape index (κ1) is 28.0. The van der Waals surface area contributed by atoms with Gasteiger partial charge in [-0.1, -0.05) is 25.0 Å². The molecule has 0 spiro atoms. The van der Waals surface area contributed by atoms with Crippen LogP contribution >= 0.6 is 0 Å². The summed E-state index contributed by atoms with van der Waals surface area (Å²) < 4.78 is 19.2. The Kier molecular flexibility index (Phi) is 7.21. The second-order valence-electron chi connectivity index (χ2n) is 13.5. The summed E-state index contributed by atoms with van der Waals surface area (Å²) in [4.78, 5) is 46.3. The fourth-order valence-electron chi connectivity index (χ4n) is 7.79. The Labute approximate surface area is 241 Å². The molecule has 5 aliphatic rings. The van der Waals surface area contributed by atoms with Crippen molar-refractivity contribution in [2.45, 2.75) is 108 Å². The van der Waals surface area contributed by atoms with E-state index in [0.717, 1.165) is 37.7 Å². The van der Waals surface area contributed by atoms with E-state index in [0.29, 0.717) is 31.2 Å². The lowest BCUT2D eigenvalue weighted by molar-refractivity contribution is -0.143. The van der Waals surface area contributed by atoms with Crippen LogP contribution in [0, 0.1) is 29.0 Å². The largest absolute Gasteiger partial charge is 0.444 e. The summed E-state index contributed by atoms with van der Waals surface area (Å²) in [6.45, 7) is 6.06. The van der Waals surface area contributed by atoms with Gasteiger partial charge >= 0.3 is 6.09 Å². The molecule has 3 heterocycles. The Morgan fingerprint density at radius 3 is 2.49 bits per heavy atom. The number of alkyl carbamates (subject to hydrolysis) is 1. The van der Waals surface area contributed by atoms with E-state index in [1.165, 1.54) is 12.1 Å². The van der Waals surface area contributed by atoms with E-state index < -0.39 is 23.8 Å². The molecule has 6 rings (SSSR count). The Balaban J connectivity index is 1.21. The molecule has 2 aliphatic carbocycles. The number of nitriles is 1. The number of piperazine rings is 1. The molecule has 220 valence electrons. The number of fused-ring (bicyclic) bond motifs is 3. The third kappa shape index (κ3) is 5.41. The van der Waals surface area contributed by atoms with Crippen molar-refractivity contribution in [3.63, 3.8) is 0 Å². The van der Waals surface area contributed by atoms with Crippen LogP contribution in [0.3, 0.4) is 0 Å². The van der Waals surface area contributed by atoms with Gasteiger partial charge in [-0.2, -0.15) is 5.26 Å². The minimum atomic E-state index is -0.927. The van der Waals surface area contributed by atoms with Crippen LogP contribution in [-0.4, -0.2) is 81.5 Å². The summed E-state index contributed by atoms with van der Waals surface area (Å²) in [6, 6.07) is 6.93.